The summed E-state index contributed by atoms with van der Waals surface area (Å²) in [4.78, 5) is 13.2. The Hall–Kier alpha value is -4.43. The molecule has 4 N–H and O–H groups in total. The number of alkyl halides is 3. The number of amides is 2. The second kappa shape index (κ2) is 13.0. The van der Waals surface area contributed by atoms with E-state index in [1.165, 1.54) is 42.1 Å². The highest BCUT2D eigenvalue weighted by Crippen LogP contribution is 2.30. The van der Waals surface area contributed by atoms with E-state index in [4.69, 9.17) is 0 Å². The molecule has 0 radical (unpaired) electrons. The molecule has 0 aliphatic carbocycles. The smallest absolute Gasteiger partial charge is 0.506 e. The number of halogens is 4. The van der Waals surface area contributed by atoms with Crippen molar-refractivity contribution in [3.8, 4) is 11.5 Å². The van der Waals surface area contributed by atoms with E-state index < -0.39 is 28.2 Å². The zero-order chi connectivity index (χ0) is 30.3. The molecule has 0 fully saturated rings. The summed E-state index contributed by atoms with van der Waals surface area (Å²) in [7, 11) is -4.13. The number of carbonyl (C=O) groups is 1. The van der Waals surface area contributed by atoms with Crippen molar-refractivity contribution in [3.05, 3.63) is 102 Å². The third kappa shape index (κ3) is 9.04. The lowest BCUT2D eigenvalue weighted by atomic mass is 10.2. The molecule has 0 heterocycles. The van der Waals surface area contributed by atoms with E-state index in [-0.39, 0.29) is 27.8 Å². The molecule has 4 rings (SSSR count). The molecule has 8 nitrogen and oxygen atoms in total. The minimum Gasteiger partial charge on any atom is -0.506 e. The summed E-state index contributed by atoms with van der Waals surface area (Å²) in [5.41, 5.74) is 1.33. The molecule has 14 heteroatoms. The first-order valence-corrected chi connectivity index (χ1v) is 14.6. The Kier molecular flexibility index (Phi) is 9.48. The largest absolute Gasteiger partial charge is 0.573 e. The van der Waals surface area contributed by atoms with Gasteiger partial charge in [0.1, 0.15) is 17.3 Å². The minimum absolute atomic E-state index is 0.187. The number of aryl methyl sites for hydroxylation is 1. The van der Waals surface area contributed by atoms with Gasteiger partial charge >= 0.3 is 12.4 Å². The lowest BCUT2D eigenvalue weighted by Gasteiger charge is -2.13. The van der Waals surface area contributed by atoms with Crippen molar-refractivity contribution in [2.24, 2.45) is 0 Å². The zero-order valence-electron chi connectivity index (χ0n) is 21.5. The molecule has 0 aliphatic rings. The molecule has 0 saturated heterocycles. The van der Waals surface area contributed by atoms with E-state index in [2.05, 4.69) is 20.1 Å². The van der Waals surface area contributed by atoms with Crippen LogP contribution in [0.3, 0.4) is 0 Å². The van der Waals surface area contributed by atoms with Crippen LogP contribution in [0.15, 0.2) is 101 Å². The maximum absolute atomic E-state index is 13.1. The van der Waals surface area contributed by atoms with Gasteiger partial charge in [-0.3, -0.25) is 4.72 Å². The highest BCUT2D eigenvalue weighted by molar-refractivity contribution is 7.99. The van der Waals surface area contributed by atoms with Crippen LogP contribution < -0.4 is 20.1 Å². The lowest BCUT2D eigenvalue weighted by Crippen LogP contribution is -2.19. The van der Waals surface area contributed by atoms with Crippen LogP contribution in [-0.2, 0) is 16.4 Å². The Balaban J connectivity index is 1.27. The number of aromatic hydroxyl groups is 1. The number of anilines is 3. The number of hydrogen-bond acceptors (Lipinski definition) is 6. The molecule has 0 spiro atoms. The summed E-state index contributed by atoms with van der Waals surface area (Å²) in [5.74, 6) is -0.593. The van der Waals surface area contributed by atoms with Gasteiger partial charge in [0.2, 0.25) is 0 Å². The summed E-state index contributed by atoms with van der Waals surface area (Å²) < 4.78 is 81.2. The molecule has 0 unspecified atom stereocenters. The number of benzene rings is 4. The molecule has 0 atom stereocenters. The van der Waals surface area contributed by atoms with Crippen LogP contribution in [0.4, 0.5) is 39.4 Å². The van der Waals surface area contributed by atoms with Crippen LogP contribution in [0.1, 0.15) is 5.56 Å². The van der Waals surface area contributed by atoms with Gasteiger partial charge in [-0.05, 0) is 90.8 Å². The first-order valence-electron chi connectivity index (χ1n) is 12.1. The normalized spacial score (nSPS) is 11.5. The first kappa shape index (κ1) is 30.5. The third-order valence-corrected chi connectivity index (χ3v) is 7.95. The standard InChI is InChI=1S/C28H23F4N3O5S2/c29-19-3-12-24(13-4-19)42(38,39)35-25-17-21(7-14-26(25)36)34-27(37)33-20-5-10-23(11-6-20)41-16-15-18-1-8-22(9-2-18)40-28(30,31)32/h1-14,17,35-36H,15-16H2,(H2,33,34,37). The Morgan fingerprint density at radius 1 is 0.857 bits per heavy atom. The molecule has 0 saturated carbocycles. The summed E-state index contributed by atoms with van der Waals surface area (Å²) in [6.45, 7) is 0. The first-order chi connectivity index (χ1) is 19.9. The number of nitrogens with one attached hydrogen (secondary N) is 3. The fourth-order valence-electron chi connectivity index (χ4n) is 3.59. The van der Waals surface area contributed by atoms with Gasteiger partial charge in [0, 0.05) is 22.0 Å². The van der Waals surface area contributed by atoms with Gasteiger partial charge in [0.05, 0.1) is 10.6 Å². The van der Waals surface area contributed by atoms with Crippen molar-refractivity contribution >= 4 is 44.9 Å². The van der Waals surface area contributed by atoms with E-state index in [1.54, 1.807) is 36.4 Å². The van der Waals surface area contributed by atoms with Gasteiger partial charge in [0.25, 0.3) is 10.0 Å². The maximum Gasteiger partial charge on any atom is 0.573 e. The van der Waals surface area contributed by atoms with Gasteiger partial charge in [0.15, 0.2) is 0 Å². The molecule has 4 aromatic carbocycles. The molecule has 4 aromatic rings. The lowest BCUT2D eigenvalue weighted by molar-refractivity contribution is -0.274. The molecule has 0 bridgehead atoms. The van der Waals surface area contributed by atoms with Gasteiger partial charge in [-0.1, -0.05) is 12.1 Å². The van der Waals surface area contributed by atoms with E-state index in [0.29, 0.717) is 17.9 Å². The highest BCUT2D eigenvalue weighted by Gasteiger charge is 2.30. The molecule has 42 heavy (non-hydrogen) atoms. The second-order valence-corrected chi connectivity index (χ2v) is 11.5. The Labute approximate surface area is 242 Å². The monoisotopic (exact) mass is 621 g/mol. The fourth-order valence-corrected chi connectivity index (χ4v) is 5.55. The van der Waals surface area contributed by atoms with Crippen LogP contribution in [0, 0.1) is 5.82 Å². The van der Waals surface area contributed by atoms with E-state index in [1.807, 2.05) is 0 Å². The topological polar surface area (TPSA) is 117 Å². The van der Waals surface area contributed by atoms with Gasteiger partial charge in [-0.15, -0.1) is 24.9 Å². The maximum atomic E-state index is 13.1. The summed E-state index contributed by atoms with van der Waals surface area (Å²) in [6, 6.07) is 20.0. The average Bonchev–Trinajstić information content (AvgIpc) is 2.92. The molecular formula is C28H23F4N3O5S2. The molecule has 0 aromatic heterocycles. The van der Waals surface area contributed by atoms with Gasteiger partial charge < -0.3 is 20.5 Å². The van der Waals surface area contributed by atoms with Gasteiger partial charge in [-0.2, -0.15) is 0 Å². The molecule has 220 valence electrons. The number of ether oxygens (including phenoxy) is 1. The number of sulfonamides is 1. The fraction of sp³-hybridized carbons (Fsp3) is 0.107. The molecule has 2 amide bonds. The SMILES string of the molecule is O=C(Nc1ccc(SCCc2ccc(OC(F)(F)F)cc2)cc1)Nc1ccc(O)c(NS(=O)(=O)c2ccc(F)cc2)c1. The average molecular weight is 622 g/mol. The van der Waals surface area contributed by atoms with Crippen molar-refractivity contribution in [2.45, 2.75) is 22.6 Å². The van der Waals surface area contributed by atoms with Crippen molar-refractivity contribution in [3.63, 3.8) is 0 Å². The predicted octanol–water partition coefficient (Wildman–Crippen LogP) is 7.21. The van der Waals surface area contributed by atoms with Crippen LogP contribution >= 0.6 is 11.8 Å². The van der Waals surface area contributed by atoms with Gasteiger partial charge in [-0.25, -0.2) is 17.6 Å². The number of phenols is 1. The summed E-state index contributed by atoms with van der Waals surface area (Å²) >= 11 is 1.53. The van der Waals surface area contributed by atoms with E-state index >= 15 is 0 Å². The quantitative estimate of drug-likeness (QED) is 0.0644. The Morgan fingerprint density at radius 3 is 2.12 bits per heavy atom. The van der Waals surface area contributed by atoms with E-state index in [9.17, 15) is 35.9 Å². The summed E-state index contributed by atoms with van der Waals surface area (Å²) in [6.07, 6.45) is -4.11. The second-order valence-electron chi connectivity index (χ2n) is 8.69. The molecule has 0 aliphatic heterocycles. The Bertz CT molecular complexity index is 1630. The van der Waals surface area contributed by atoms with Crippen LogP contribution in [0.25, 0.3) is 0 Å². The van der Waals surface area contributed by atoms with E-state index in [0.717, 1.165) is 34.7 Å². The van der Waals surface area contributed by atoms with Crippen molar-refractivity contribution in [1.82, 2.24) is 0 Å². The number of thioether (sulfide) groups is 1. The highest BCUT2D eigenvalue weighted by atomic mass is 32.2. The number of rotatable bonds is 10. The Morgan fingerprint density at radius 2 is 1.48 bits per heavy atom. The number of carbonyl (C=O) groups excluding carboxylic acids is 1. The number of urea groups is 1. The third-order valence-electron chi connectivity index (χ3n) is 5.55. The van der Waals surface area contributed by atoms with Crippen molar-refractivity contribution < 1.29 is 40.6 Å². The van der Waals surface area contributed by atoms with Crippen LogP contribution in [0.5, 0.6) is 11.5 Å². The minimum atomic E-state index is -4.73. The number of hydrogen-bond donors (Lipinski definition) is 4. The number of phenolic OH excluding ortho intramolecular Hbond substituents is 1. The van der Waals surface area contributed by atoms with Crippen LogP contribution in [-0.4, -0.2) is 31.7 Å². The van der Waals surface area contributed by atoms with Crippen LogP contribution in [0.2, 0.25) is 0 Å². The predicted molar refractivity (Wildman–Crippen MR) is 152 cm³/mol. The molecular weight excluding hydrogens is 598 g/mol. The van der Waals surface area contributed by atoms with Crippen molar-refractivity contribution in [1.29, 1.82) is 0 Å². The van der Waals surface area contributed by atoms with Crippen molar-refractivity contribution in [2.75, 3.05) is 21.1 Å². The zero-order valence-corrected chi connectivity index (χ0v) is 23.1. The summed E-state index contributed by atoms with van der Waals surface area (Å²) in [5, 5.41) is 15.3.